The van der Waals surface area contributed by atoms with Crippen LogP contribution >= 0.6 is 0 Å². The lowest BCUT2D eigenvalue weighted by molar-refractivity contribution is 0.0931. The van der Waals surface area contributed by atoms with Crippen LogP contribution in [0.2, 0.25) is 0 Å². The fourth-order valence-electron chi connectivity index (χ4n) is 3.01. The molecular formula is C24H22FNO4. The van der Waals surface area contributed by atoms with Crippen molar-refractivity contribution in [2.75, 3.05) is 6.61 Å². The molecule has 0 bridgehead atoms. The molecule has 0 saturated carbocycles. The maximum atomic E-state index is 13.1. The van der Waals surface area contributed by atoms with Crippen LogP contribution in [0.5, 0.6) is 11.5 Å². The molecular weight excluding hydrogens is 385 g/mol. The van der Waals surface area contributed by atoms with E-state index in [9.17, 15) is 14.0 Å². The molecule has 0 fully saturated rings. The second kappa shape index (κ2) is 9.69. The Labute approximate surface area is 174 Å². The molecule has 1 heterocycles. The first-order valence-corrected chi connectivity index (χ1v) is 9.47. The Bertz CT molecular complexity index is 1050. The second-order valence-corrected chi connectivity index (χ2v) is 6.74. The number of carbonyl (C=O) groups excluding carboxylic acids is 2. The first-order chi connectivity index (χ1) is 14.5. The molecule has 0 unspecified atom stereocenters. The number of hydrogen-bond acceptors (Lipinski definition) is 4. The summed E-state index contributed by atoms with van der Waals surface area (Å²) in [5.74, 6) is 0.675. The van der Waals surface area contributed by atoms with Gasteiger partial charge in [-0.25, -0.2) is 4.39 Å². The molecule has 6 heteroatoms. The van der Waals surface area contributed by atoms with Gasteiger partial charge in [-0.1, -0.05) is 30.3 Å². The highest BCUT2D eigenvalue weighted by Gasteiger charge is 2.22. The van der Waals surface area contributed by atoms with Crippen molar-refractivity contribution in [1.29, 1.82) is 0 Å². The number of ether oxygens (including phenoxy) is 2. The summed E-state index contributed by atoms with van der Waals surface area (Å²) in [7, 11) is 0. The fraction of sp³-hybridized carbons (Fsp3) is 0.167. The van der Waals surface area contributed by atoms with E-state index < -0.39 is 0 Å². The summed E-state index contributed by atoms with van der Waals surface area (Å²) in [5.41, 5.74) is 7.69. The third-order valence-corrected chi connectivity index (χ3v) is 4.57. The molecule has 1 aliphatic heterocycles. The Morgan fingerprint density at radius 3 is 2.53 bits per heavy atom. The van der Waals surface area contributed by atoms with Crippen LogP contribution in [-0.4, -0.2) is 18.3 Å². The number of nitrogens with two attached hydrogens (primary N) is 1. The lowest BCUT2D eigenvalue weighted by Crippen LogP contribution is -2.16. The van der Waals surface area contributed by atoms with Gasteiger partial charge in [-0.05, 0) is 48.9 Å². The molecule has 3 aromatic rings. The molecule has 0 aliphatic carbocycles. The van der Waals surface area contributed by atoms with Gasteiger partial charge in [-0.2, -0.15) is 0 Å². The van der Waals surface area contributed by atoms with Crippen molar-refractivity contribution in [3.05, 3.63) is 94.8 Å². The number of rotatable bonds is 4. The van der Waals surface area contributed by atoms with Crippen molar-refractivity contribution in [3.8, 4) is 11.5 Å². The number of Topliss-reactive ketones (excluding diaryl/α,β-unsaturated/α-hetero) is 1. The van der Waals surface area contributed by atoms with E-state index in [1.165, 1.54) is 12.1 Å². The average molecular weight is 407 g/mol. The van der Waals surface area contributed by atoms with Crippen molar-refractivity contribution in [2.45, 2.75) is 20.0 Å². The van der Waals surface area contributed by atoms with E-state index in [4.69, 9.17) is 15.2 Å². The van der Waals surface area contributed by atoms with Gasteiger partial charge < -0.3 is 15.2 Å². The van der Waals surface area contributed by atoms with Crippen LogP contribution in [0.15, 0.2) is 66.7 Å². The zero-order chi connectivity index (χ0) is 21.5. The molecule has 0 atom stereocenters. The largest absolute Gasteiger partial charge is 0.492 e. The number of halogens is 1. The minimum Gasteiger partial charge on any atom is -0.492 e. The summed E-state index contributed by atoms with van der Waals surface area (Å²) < 4.78 is 24.4. The Morgan fingerprint density at radius 1 is 1.10 bits per heavy atom. The lowest BCUT2D eigenvalue weighted by atomic mass is 10.0. The van der Waals surface area contributed by atoms with E-state index >= 15 is 0 Å². The van der Waals surface area contributed by atoms with Crippen molar-refractivity contribution in [3.63, 3.8) is 0 Å². The summed E-state index contributed by atoms with van der Waals surface area (Å²) >= 11 is 0. The number of hydrogen-bond donors (Lipinski definition) is 1. The lowest BCUT2D eigenvalue weighted by Gasteiger charge is -2.20. The molecule has 5 nitrogen and oxygen atoms in total. The van der Waals surface area contributed by atoms with E-state index in [2.05, 4.69) is 0 Å². The van der Waals surface area contributed by atoms with Crippen LogP contribution in [0.1, 0.15) is 38.3 Å². The van der Waals surface area contributed by atoms with Gasteiger partial charge in [-0.3, -0.25) is 9.59 Å². The number of primary amides is 1. The minimum absolute atomic E-state index is 0.0935. The topological polar surface area (TPSA) is 78.6 Å². The Hall–Kier alpha value is -3.67. The summed E-state index contributed by atoms with van der Waals surface area (Å²) in [4.78, 5) is 22.2. The monoisotopic (exact) mass is 407 g/mol. The smallest absolute Gasteiger partial charge is 0.248 e. The van der Waals surface area contributed by atoms with Gasteiger partial charge in [-0.15, -0.1) is 0 Å². The standard InChI is InChI=1S/C17H15FO3.C7H7NO/c1-11-16(21-10-12-3-2-4-13(18)9-12)6-5-14-15(19)7-8-20-17(11)14;8-7(9)6-4-2-1-3-5-6/h2-6,9H,7-8,10H2,1H3;1-5H,(H2,8,9). The van der Waals surface area contributed by atoms with Gasteiger partial charge in [0.2, 0.25) is 5.91 Å². The predicted octanol–water partition coefficient (Wildman–Crippen LogP) is 4.46. The average Bonchev–Trinajstić information content (AvgIpc) is 2.75. The van der Waals surface area contributed by atoms with Gasteiger partial charge in [0.15, 0.2) is 5.78 Å². The molecule has 0 radical (unpaired) electrons. The minimum atomic E-state index is -0.379. The highest BCUT2D eigenvalue weighted by atomic mass is 19.1. The molecule has 0 aromatic heterocycles. The van der Waals surface area contributed by atoms with Crippen molar-refractivity contribution >= 4 is 11.7 Å². The van der Waals surface area contributed by atoms with Crippen LogP contribution in [0, 0.1) is 12.7 Å². The van der Waals surface area contributed by atoms with Gasteiger partial charge in [0, 0.05) is 17.5 Å². The van der Waals surface area contributed by atoms with Crippen molar-refractivity contribution in [2.24, 2.45) is 5.73 Å². The van der Waals surface area contributed by atoms with Crippen LogP contribution in [0.4, 0.5) is 4.39 Å². The van der Waals surface area contributed by atoms with E-state index in [-0.39, 0.29) is 24.1 Å². The molecule has 4 rings (SSSR count). The summed E-state index contributed by atoms with van der Waals surface area (Å²) in [6.45, 7) is 2.53. The maximum absolute atomic E-state index is 13.1. The Kier molecular flexibility index (Phi) is 6.80. The predicted molar refractivity (Wildman–Crippen MR) is 111 cm³/mol. The summed E-state index contributed by atoms with van der Waals surface area (Å²) in [6.07, 6.45) is 0.413. The molecule has 154 valence electrons. The third-order valence-electron chi connectivity index (χ3n) is 4.57. The molecule has 30 heavy (non-hydrogen) atoms. The van der Waals surface area contributed by atoms with E-state index in [0.29, 0.717) is 35.7 Å². The highest BCUT2D eigenvalue weighted by molar-refractivity contribution is 6.00. The second-order valence-electron chi connectivity index (χ2n) is 6.74. The van der Waals surface area contributed by atoms with Gasteiger partial charge >= 0.3 is 0 Å². The van der Waals surface area contributed by atoms with E-state index in [1.54, 1.807) is 48.5 Å². The Balaban J connectivity index is 0.000000239. The molecule has 0 spiro atoms. The molecule has 0 saturated heterocycles. The molecule has 2 N–H and O–H groups in total. The van der Waals surface area contributed by atoms with Crippen LogP contribution in [0.25, 0.3) is 0 Å². The first kappa shape index (κ1) is 21.0. The number of ketones is 1. The number of amides is 1. The number of benzene rings is 3. The fourth-order valence-corrected chi connectivity index (χ4v) is 3.01. The normalized spacial score (nSPS) is 12.1. The zero-order valence-corrected chi connectivity index (χ0v) is 16.6. The quantitative estimate of drug-likeness (QED) is 0.692. The molecule has 1 aliphatic rings. The number of carbonyl (C=O) groups is 2. The number of fused-ring (bicyclic) bond motifs is 1. The van der Waals surface area contributed by atoms with Crippen molar-refractivity contribution in [1.82, 2.24) is 0 Å². The highest BCUT2D eigenvalue weighted by Crippen LogP contribution is 2.35. The van der Waals surface area contributed by atoms with Gasteiger partial charge in [0.25, 0.3) is 0 Å². The van der Waals surface area contributed by atoms with Crippen LogP contribution < -0.4 is 15.2 Å². The summed E-state index contributed by atoms with van der Waals surface area (Å²) in [5, 5.41) is 0. The van der Waals surface area contributed by atoms with Crippen LogP contribution in [0.3, 0.4) is 0 Å². The van der Waals surface area contributed by atoms with Gasteiger partial charge in [0.05, 0.1) is 12.2 Å². The SMILES string of the molecule is Cc1c(OCc2cccc(F)c2)ccc2c1OCCC2=O.NC(=O)c1ccccc1. The Morgan fingerprint density at radius 2 is 1.87 bits per heavy atom. The molecule has 3 aromatic carbocycles. The van der Waals surface area contributed by atoms with Crippen LogP contribution in [-0.2, 0) is 6.61 Å². The third kappa shape index (κ3) is 5.23. The van der Waals surface area contributed by atoms with E-state index in [1.807, 2.05) is 13.0 Å². The first-order valence-electron chi connectivity index (χ1n) is 9.47. The maximum Gasteiger partial charge on any atom is 0.248 e. The zero-order valence-electron chi connectivity index (χ0n) is 16.6. The molecule has 1 amide bonds. The van der Waals surface area contributed by atoms with E-state index in [0.717, 1.165) is 11.1 Å². The summed E-state index contributed by atoms with van der Waals surface area (Å²) in [6, 6.07) is 18.5. The van der Waals surface area contributed by atoms with Crippen molar-refractivity contribution < 1.29 is 23.5 Å². The van der Waals surface area contributed by atoms with Gasteiger partial charge in [0.1, 0.15) is 23.9 Å².